The molecule has 0 saturated carbocycles. The van der Waals surface area contributed by atoms with Gasteiger partial charge >= 0.3 is 0 Å². The van der Waals surface area contributed by atoms with Crippen LogP contribution in [0.1, 0.15) is 5.56 Å². The number of halogens is 1. The molecule has 0 saturated heterocycles. The Hall–Kier alpha value is -3.52. The molecule has 0 N–H and O–H groups in total. The largest absolute Gasteiger partial charge is 1.00 e. The minimum Gasteiger partial charge on any atom is -1.00 e. The third-order valence-corrected chi connectivity index (χ3v) is 10.5. The Labute approximate surface area is 224 Å². The van der Waals surface area contributed by atoms with Gasteiger partial charge in [-0.25, -0.2) is 0 Å². The van der Waals surface area contributed by atoms with Gasteiger partial charge in [0.2, 0.25) is 0 Å². The summed E-state index contributed by atoms with van der Waals surface area (Å²) in [6, 6.07) is 49.3. The van der Waals surface area contributed by atoms with Crippen LogP contribution in [0.5, 0.6) is 5.75 Å². The van der Waals surface area contributed by atoms with E-state index in [1.807, 2.05) is 30.5 Å². The molecule has 5 aromatic carbocycles. The average molecular weight is 552 g/mol. The number of ether oxygens (including phenoxy) is 1. The summed E-state index contributed by atoms with van der Waals surface area (Å²) in [5.74, 6) is 0.825. The molecule has 0 atom stereocenters. The van der Waals surface area contributed by atoms with Gasteiger partial charge in [0.15, 0.2) is 0 Å². The first-order valence-corrected chi connectivity index (χ1v) is 13.4. The van der Waals surface area contributed by atoms with E-state index in [0.29, 0.717) is 0 Å². The molecule has 0 unspecified atom stereocenters. The van der Waals surface area contributed by atoms with E-state index in [0.717, 1.165) is 17.0 Å². The minimum absolute atomic E-state index is 0. The highest BCUT2D eigenvalue weighted by Gasteiger charge is 2.48. The van der Waals surface area contributed by atoms with E-state index < -0.39 is 7.26 Å². The molecule has 0 spiro atoms. The maximum Gasteiger partial charge on any atom is 0.145 e. The lowest BCUT2D eigenvalue weighted by atomic mass is 10.2. The fourth-order valence-corrected chi connectivity index (χ4v) is 8.95. The lowest BCUT2D eigenvalue weighted by Gasteiger charge is -2.28. The highest BCUT2D eigenvalue weighted by Crippen LogP contribution is 2.54. The van der Waals surface area contributed by atoms with Crippen LogP contribution in [0.25, 0.3) is 0 Å². The van der Waals surface area contributed by atoms with Gasteiger partial charge in [-0.2, -0.15) is 0 Å². The first-order valence-electron chi connectivity index (χ1n) is 11.7. The molecule has 0 bridgehead atoms. The Morgan fingerprint density at radius 1 is 0.556 bits per heavy atom. The molecule has 178 valence electrons. The van der Waals surface area contributed by atoms with Crippen LogP contribution in [0.2, 0.25) is 0 Å². The van der Waals surface area contributed by atoms with Crippen LogP contribution >= 0.6 is 7.26 Å². The third kappa shape index (κ3) is 5.04. The van der Waals surface area contributed by atoms with Crippen molar-refractivity contribution in [3.05, 3.63) is 145 Å². The average Bonchev–Trinajstić information content (AvgIpc) is 2.95. The second kappa shape index (κ2) is 11.9. The van der Waals surface area contributed by atoms with Crippen molar-refractivity contribution in [3.8, 4) is 5.75 Å². The Balaban J connectivity index is 0.00000304. The summed E-state index contributed by atoms with van der Waals surface area (Å²) in [6.45, 7) is 0. The molecule has 0 aliphatic heterocycles. The summed E-state index contributed by atoms with van der Waals surface area (Å²) in [5.41, 5.74) is 2.01. The van der Waals surface area contributed by atoms with Crippen molar-refractivity contribution in [1.82, 2.24) is 0 Å². The second-order valence-corrected chi connectivity index (χ2v) is 11.6. The highest BCUT2D eigenvalue weighted by molar-refractivity contribution is 8.01. The number of rotatable bonds is 7. The van der Waals surface area contributed by atoms with Gasteiger partial charge in [0, 0.05) is 11.8 Å². The molecule has 5 aromatic rings. The Kier molecular flexibility index (Phi) is 8.48. The Bertz CT molecular complexity index is 1310. The highest BCUT2D eigenvalue weighted by atomic mass is 79.9. The van der Waals surface area contributed by atoms with Crippen LogP contribution in [0.3, 0.4) is 0 Å². The smallest absolute Gasteiger partial charge is 0.145 e. The van der Waals surface area contributed by atoms with Crippen molar-refractivity contribution < 1.29 is 21.7 Å². The van der Waals surface area contributed by atoms with E-state index in [4.69, 9.17) is 9.73 Å². The lowest BCUT2D eigenvalue weighted by molar-refractivity contribution is -0.00000701. The topological polar surface area (TPSA) is 21.6 Å². The standard InChI is InChI=1S/C32H27NOP.BrH/c1-34-28-23-21-27(22-24-28)33-25-26-13-11-12-20-32(26)35(29-14-5-2-6-15-29,30-16-7-3-8-17-30)31-18-9-4-10-19-31;/h2-25H,1H3;1H/q+1;/p-1. The molecule has 0 aliphatic carbocycles. The second-order valence-electron chi connectivity index (χ2n) is 8.19. The van der Waals surface area contributed by atoms with Crippen molar-refractivity contribution in [1.29, 1.82) is 0 Å². The molecular formula is C32H27BrNOP. The SMILES string of the molecule is COc1ccc(N=Cc2ccccc2[P+](c2ccccc2)(c2ccccc2)c2ccccc2)cc1.[Br-]. The fraction of sp³-hybridized carbons (Fsp3) is 0.0312. The van der Waals surface area contributed by atoms with E-state index in [2.05, 4.69) is 115 Å². The van der Waals surface area contributed by atoms with E-state index in [1.165, 1.54) is 21.2 Å². The fourth-order valence-electron chi connectivity index (χ4n) is 4.53. The summed E-state index contributed by atoms with van der Waals surface area (Å²) >= 11 is 0. The minimum atomic E-state index is -2.19. The number of methoxy groups -OCH3 is 1. The molecule has 0 aliphatic rings. The summed E-state index contributed by atoms with van der Waals surface area (Å²) in [7, 11) is -0.513. The molecule has 0 amide bonds. The molecule has 4 heteroatoms. The normalized spacial score (nSPS) is 11.1. The maximum absolute atomic E-state index is 5.30. The van der Waals surface area contributed by atoms with Gasteiger partial charge in [-0.3, -0.25) is 4.99 Å². The summed E-state index contributed by atoms with van der Waals surface area (Å²) in [5, 5.41) is 5.26. The predicted octanol–water partition coefficient (Wildman–Crippen LogP) is 3.07. The van der Waals surface area contributed by atoms with E-state index >= 15 is 0 Å². The molecule has 0 radical (unpaired) electrons. The molecule has 0 aromatic heterocycles. The van der Waals surface area contributed by atoms with Crippen molar-refractivity contribution in [2.24, 2.45) is 4.99 Å². The number of aliphatic imine (C=N–C) groups is 1. The van der Waals surface area contributed by atoms with Crippen LogP contribution in [0, 0.1) is 0 Å². The van der Waals surface area contributed by atoms with Crippen LogP contribution in [0.4, 0.5) is 5.69 Å². The van der Waals surface area contributed by atoms with Crippen LogP contribution in [-0.4, -0.2) is 13.3 Å². The first kappa shape index (κ1) is 25.6. The maximum atomic E-state index is 5.30. The van der Waals surface area contributed by atoms with E-state index in [9.17, 15) is 0 Å². The van der Waals surface area contributed by atoms with Crippen LogP contribution < -0.4 is 42.9 Å². The first-order chi connectivity index (χ1) is 17.3. The zero-order valence-corrected chi connectivity index (χ0v) is 22.5. The monoisotopic (exact) mass is 551 g/mol. The van der Waals surface area contributed by atoms with Gasteiger partial charge in [-0.15, -0.1) is 0 Å². The van der Waals surface area contributed by atoms with Crippen molar-refractivity contribution in [3.63, 3.8) is 0 Å². The van der Waals surface area contributed by atoms with Gasteiger partial charge in [0.1, 0.15) is 34.2 Å². The van der Waals surface area contributed by atoms with Gasteiger partial charge in [-0.1, -0.05) is 66.7 Å². The molecular weight excluding hydrogens is 525 g/mol. The van der Waals surface area contributed by atoms with Gasteiger partial charge < -0.3 is 21.7 Å². The number of nitrogens with zero attached hydrogens (tertiary/aromatic N) is 1. The van der Waals surface area contributed by atoms with Gasteiger partial charge in [0.05, 0.1) is 12.8 Å². The number of hydrogen-bond acceptors (Lipinski definition) is 2. The summed E-state index contributed by atoms with van der Waals surface area (Å²) in [6.07, 6.45) is 2.00. The Morgan fingerprint density at radius 2 is 1.00 bits per heavy atom. The molecule has 0 fully saturated rings. The van der Waals surface area contributed by atoms with Crippen LogP contribution in [0.15, 0.2) is 145 Å². The molecule has 36 heavy (non-hydrogen) atoms. The van der Waals surface area contributed by atoms with Crippen molar-refractivity contribution in [2.75, 3.05) is 7.11 Å². The number of benzene rings is 5. The molecule has 0 heterocycles. The predicted molar refractivity (Wildman–Crippen MR) is 151 cm³/mol. The van der Waals surface area contributed by atoms with Crippen molar-refractivity contribution >= 4 is 40.4 Å². The lowest BCUT2D eigenvalue weighted by Crippen LogP contribution is -3.00. The van der Waals surface area contributed by atoms with E-state index in [-0.39, 0.29) is 17.0 Å². The quantitative estimate of drug-likeness (QED) is 0.225. The Morgan fingerprint density at radius 3 is 1.47 bits per heavy atom. The summed E-state index contributed by atoms with van der Waals surface area (Å²) < 4.78 is 5.30. The number of hydrogen-bond donors (Lipinski definition) is 0. The zero-order chi connectivity index (χ0) is 23.9. The van der Waals surface area contributed by atoms with Gasteiger partial charge in [0.25, 0.3) is 0 Å². The molecule has 5 rings (SSSR count). The van der Waals surface area contributed by atoms with Crippen LogP contribution in [-0.2, 0) is 0 Å². The van der Waals surface area contributed by atoms with E-state index in [1.54, 1.807) is 7.11 Å². The third-order valence-electron chi connectivity index (χ3n) is 6.15. The van der Waals surface area contributed by atoms with Gasteiger partial charge in [-0.05, 0) is 72.8 Å². The summed E-state index contributed by atoms with van der Waals surface area (Å²) in [4.78, 5) is 4.84. The zero-order valence-electron chi connectivity index (χ0n) is 20.0. The van der Waals surface area contributed by atoms with Crippen molar-refractivity contribution in [2.45, 2.75) is 0 Å². The molecule has 2 nitrogen and oxygen atoms in total.